The Hall–Kier alpha value is -2.57. The number of imidazole rings is 1. The minimum atomic E-state index is 0.400. The van der Waals surface area contributed by atoms with Gasteiger partial charge in [0.25, 0.3) is 0 Å². The molecule has 0 saturated heterocycles. The summed E-state index contributed by atoms with van der Waals surface area (Å²) in [6.45, 7) is 4.27. The van der Waals surface area contributed by atoms with Gasteiger partial charge in [-0.15, -0.1) is 0 Å². The van der Waals surface area contributed by atoms with Crippen LogP contribution in [0.3, 0.4) is 0 Å². The number of fused-ring (bicyclic) bond motifs is 1. The molecule has 0 spiro atoms. The molecule has 0 fully saturated rings. The lowest BCUT2D eigenvalue weighted by atomic mass is 10.4. The second-order valence-corrected chi connectivity index (χ2v) is 4.35. The molecule has 96 valence electrons. The van der Waals surface area contributed by atoms with Crippen molar-refractivity contribution in [2.75, 3.05) is 5.73 Å². The van der Waals surface area contributed by atoms with E-state index < -0.39 is 0 Å². The molecule has 19 heavy (non-hydrogen) atoms. The van der Waals surface area contributed by atoms with E-state index in [-0.39, 0.29) is 0 Å². The molecule has 0 aliphatic carbocycles. The normalized spacial score (nSPS) is 11.1. The van der Waals surface area contributed by atoms with E-state index >= 15 is 0 Å². The van der Waals surface area contributed by atoms with Crippen LogP contribution < -0.4 is 5.73 Å². The van der Waals surface area contributed by atoms with Crippen LogP contribution in [0.1, 0.15) is 17.2 Å². The van der Waals surface area contributed by atoms with Crippen molar-refractivity contribution in [3.63, 3.8) is 0 Å². The van der Waals surface area contributed by atoms with Gasteiger partial charge in [-0.2, -0.15) is 0 Å². The van der Waals surface area contributed by atoms with E-state index in [1.165, 1.54) is 0 Å². The predicted octanol–water partition coefficient (Wildman–Crippen LogP) is 0.864. The van der Waals surface area contributed by atoms with Crippen LogP contribution in [-0.2, 0) is 6.54 Å². The molecule has 3 aromatic rings. The fourth-order valence-corrected chi connectivity index (χ4v) is 1.96. The Morgan fingerprint density at radius 1 is 1.16 bits per heavy atom. The molecule has 7 nitrogen and oxygen atoms in total. The summed E-state index contributed by atoms with van der Waals surface area (Å²) in [6.07, 6.45) is 5.15. The van der Waals surface area contributed by atoms with Gasteiger partial charge in [0.05, 0.1) is 30.5 Å². The molecule has 0 aromatic carbocycles. The maximum absolute atomic E-state index is 5.83. The summed E-state index contributed by atoms with van der Waals surface area (Å²) < 4.78 is 1.89. The number of nitrogen functional groups attached to an aromatic ring is 1. The molecule has 0 unspecified atom stereocenters. The van der Waals surface area contributed by atoms with E-state index in [9.17, 15) is 0 Å². The van der Waals surface area contributed by atoms with Gasteiger partial charge >= 0.3 is 0 Å². The molecule has 0 saturated carbocycles. The molecule has 3 rings (SSSR count). The zero-order valence-electron chi connectivity index (χ0n) is 10.7. The standard InChI is InChI=1S/C12H13N7/c1-7-3-14-4-9(16-7)5-19-6-15-10-11(13)17-8(2)18-12(10)19/h3-4,6H,5H2,1-2H3,(H2,13,17,18). The van der Waals surface area contributed by atoms with Crippen molar-refractivity contribution in [2.24, 2.45) is 0 Å². The molecule has 0 radical (unpaired) electrons. The number of hydrogen-bond acceptors (Lipinski definition) is 6. The van der Waals surface area contributed by atoms with E-state index in [4.69, 9.17) is 5.73 Å². The molecule has 0 atom stereocenters. The first kappa shape index (κ1) is 11.5. The summed E-state index contributed by atoms with van der Waals surface area (Å²) in [6, 6.07) is 0. The van der Waals surface area contributed by atoms with Crippen molar-refractivity contribution in [2.45, 2.75) is 20.4 Å². The van der Waals surface area contributed by atoms with Gasteiger partial charge in [-0.25, -0.2) is 15.0 Å². The maximum atomic E-state index is 5.83. The third-order valence-electron chi connectivity index (χ3n) is 2.74. The number of aromatic nitrogens is 6. The molecule has 3 heterocycles. The molecule has 0 aliphatic heterocycles. The minimum Gasteiger partial charge on any atom is -0.382 e. The minimum absolute atomic E-state index is 0.400. The van der Waals surface area contributed by atoms with Crippen LogP contribution in [-0.4, -0.2) is 29.5 Å². The van der Waals surface area contributed by atoms with Crippen molar-refractivity contribution in [1.82, 2.24) is 29.5 Å². The Bertz CT molecular complexity index is 747. The average molecular weight is 255 g/mol. The lowest BCUT2D eigenvalue weighted by molar-refractivity contribution is 0.774. The predicted molar refractivity (Wildman–Crippen MR) is 70.3 cm³/mol. The van der Waals surface area contributed by atoms with Crippen molar-refractivity contribution < 1.29 is 0 Å². The van der Waals surface area contributed by atoms with E-state index in [0.717, 1.165) is 11.4 Å². The Morgan fingerprint density at radius 3 is 2.79 bits per heavy atom. The van der Waals surface area contributed by atoms with Crippen LogP contribution in [0, 0.1) is 13.8 Å². The van der Waals surface area contributed by atoms with Crippen LogP contribution >= 0.6 is 0 Å². The highest BCUT2D eigenvalue weighted by molar-refractivity contribution is 5.81. The van der Waals surface area contributed by atoms with Gasteiger partial charge in [-0.05, 0) is 13.8 Å². The van der Waals surface area contributed by atoms with Crippen molar-refractivity contribution in [1.29, 1.82) is 0 Å². The smallest absolute Gasteiger partial charge is 0.166 e. The second-order valence-electron chi connectivity index (χ2n) is 4.35. The fraction of sp³-hybridized carbons (Fsp3) is 0.250. The van der Waals surface area contributed by atoms with Gasteiger partial charge < -0.3 is 10.3 Å². The number of hydrogen-bond donors (Lipinski definition) is 1. The van der Waals surface area contributed by atoms with E-state index in [0.29, 0.717) is 29.4 Å². The molecular formula is C12H13N7. The summed E-state index contributed by atoms with van der Waals surface area (Å²) in [5.41, 5.74) is 8.90. The van der Waals surface area contributed by atoms with E-state index in [2.05, 4.69) is 24.9 Å². The molecule has 0 bridgehead atoms. The lowest BCUT2D eigenvalue weighted by Gasteiger charge is -2.04. The first-order chi connectivity index (χ1) is 9.13. The van der Waals surface area contributed by atoms with E-state index in [1.54, 1.807) is 25.6 Å². The zero-order chi connectivity index (χ0) is 13.4. The Morgan fingerprint density at radius 2 is 2.00 bits per heavy atom. The molecule has 0 aliphatic rings. The highest BCUT2D eigenvalue weighted by atomic mass is 15.1. The van der Waals surface area contributed by atoms with Crippen LogP contribution in [0.5, 0.6) is 0 Å². The van der Waals surface area contributed by atoms with Crippen LogP contribution in [0.15, 0.2) is 18.7 Å². The summed E-state index contributed by atoms with van der Waals surface area (Å²) in [4.78, 5) is 21.3. The van der Waals surface area contributed by atoms with Crippen molar-refractivity contribution >= 4 is 17.0 Å². The number of nitrogens with zero attached hydrogens (tertiary/aromatic N) is 6. The van der Waals surface area contributed by atoms with Gasteiger partial charge in [-0.3, -0.25) is 9.97 Å². The van der Waals surface area contributed by atoms with Crippen LogP contribution in [0.25, 0.3) is 11.2 Å². The first-order valence-corrected chi connectivity index (χ1v) is 5.86. The highest BCUT2D eigenvalue weighted by Gasteiger charge is 2.10. The summed E-state index contributed by atoms with van der Waals surface area (Å²) in [5.74, 6) is 1.03. The molecule has 2 N–H and O–H groups in total. The van der Waals surface area contributed by atoms with E-state index in [1.807, 2.05) is 11.5 Å². The first-order valence-electron chi connectivity index (χ1n) is 5.86. The third kappa shape index (κ3) is 2.10. The quantitative estimate of drug-likeness (QED) is 0.729. The average Bonchev–Trinajstić information content (AvgIpc) is 2.73. The maximum Gasteiger partial charge on any atom is 0.166 e. The molecule has 0 amide bonds. The van der Waals surface area contributed by atoms with Gasteiger partial charge in [0.1, 0.15) is 11.3 Å². The summed E-state index contributed by atoms with van der Waals surface area (Å²) >= 11 is 0. The Labute approximate surface area is 109 Å². The molecular weight excluding hydrogens is 242 g/mol. The topological polar surface area (TPSA) is 95.4 Å². The number of anilines is 1. The lowest BCUT2D eigenvalue weighted by Crippen LogP contribution is -2.04. The van der Waals surface area contributed by atoms with Crippen molar-refractivity contribution in [3.05, 3.63) is 35.9 Å². The third-order valence-corrected chi connectivity index (χ3v) is 2.74. The number of rotatable bonds is 2. The van der Waals surface area contributed by atoms with Gasteiger partial charge in [0.15, 0.2) is 11.5 Å². The van der Waals surface area contributed by atoms with Crippen LogP contribution in [0.4, 0.5) is 5.82 Å². The fourth-order valence-electron chi connectivity index (χ4n) is 1.96. The van der Waals surface area contributed by atoms with Crippen molar-refractivity contribution in [3.8, 4) is 0 Å². The van der Waals surface area contributed by atoms with Gasteiger partial charge in [-0.1, -0.05) is 0 Å². The monoisotopic (exact) mass is 255 g/mol. The number of nitrogens with two attached hydrogens (primary N) is 1. The largest absolute Gasteiger partial charge is 0.382 e. The van der Waals surface area contributed by atoms with Gasteiger partial charge in [0, 0.05) is 6.20 Å². The summed E-state index contributed by atoms with van der Waals surface area (Å²) in [5, 5.41) is 0. The summed E-state index contributed by atoms with van der Waals surface area (Å²) in [7, 11) is 0. The Balaban J connectivity index is 2.06. The van der Waals surface area contributed by atoms with Crippen LogP contribution in [0.2, 0.25) is 0 Å². The zero-order valence-corrected chi connectivity index (χ0v) is 10.7. The Kier molecular flexibility index (Phi) is 2.59. The SMILES string of the molecule is Cc1cncc(Cn2cnc3c(N)nc(C)nc32)n1. The molecule has 3 aromatic heterocycles. The number of aryl methyl sites for hydroxylation is 2. The second kappa shape index (κ2) is 4.27. The molecule has 7 heteroatoms. The highest BCUT2D eigenvalue weighted by Crippen LogP contribution is 2.16. The van der Waals surface area contributed by atoms with Gasteiger partial charge in [0.2, 0.25) is 0 Å².